The highest BCUT2D eigenvalue weighted by Gasteiger charge is 2.30. The third-order valence-corrected chi connectivity index (χ3v) is 7.17. The molecule has 0 saturated heterocycles. The van der Waals surface area contributed by atoms with Crippen LogP contribution in [0, 0.1) is 11.8 Å². The van der Waals surface area contributed by atoms with E-state index >= 15 is 0 Å². The van der Waals surface area contributed by atoms with E-state index in [1.807, 2.05) is 24.3 Å². The smallest absolute Gasteiger partial charge is 0.407 e. The van der Waals surface area contributed by atoms with Gasteiger partial charge in [0.05, 0.1) is 12.3 Å². The molecule has 4 rings (SSSR count). The lowest BCUT2D eigenvalue weighted by molar-refractivity contribution is -0.137. The second-order valence-corrected chi connectivity index (χ2v) is 9.80. The number of carboxylic acids is 1. The molecular weight excluding hydrogens is 444 g/mol. The van der Waals surface area contributed by atoms with Crippen LogP contribution in [0.5, 0.6) is 0 Å². The molecule has 7 nitrogen and oxygen atoms in total. The highest BCUT2D eigenvalue weighted by Crippen LogP contribution is 2.44. The molecule has 1 saturated carbocycles. The van der Waals surface area contributed by atoms with Crippen molar-refractivity contribution in [2.45, 2.75) is 57.4 Å². The number of nitrogens with one attached hydrogen (secondary N) is 2. The normalized spacial score (nSPS) is 16.7. The van der Waals surface area contributed by atoms with E-state index in [0.29, 0.717) is 12.3 Å². The van der Waals surface area contributed by atoms with Crippen LogP contribution in [0.3, 0.4) is 0 Å². The molecule has 2 aliphatic carbocycles. The highest BCUT2D eigenvalue weighted by atomic mass is 16.5. The van der Waals surface area contributed by atoms with Gasteiger partial charge in [0.15, 0.2) is 0 Å². The van der Waals surface area contributed by atoms with Crippen molar-refractivity contribution >= 4 is 18.0 Å². The number of alkyl carbamates (subject to hydrolysis) is 1. The van der Waals surface area contributed by atoms with Crippen LogP contribution in [0.15, 0.2) is 48.5 Å². The molecular formula is C28H34N2O5. The summed E-state index contributed by atoms with van der Waals surface area (Å²) in [5.41, 5.74) is 4.63. The monoisotopic (exact) mass is 478 g/mol. The zero-order valence-corrected chi connectivity index (χ0v) is 20.2. The van der Waals surface area contributed by atoms with Gasteiger partial charge < -0.3 is 20.5 Å². The van der Waals surface area contributed by atoms with Gasteiger partial charge in [-0.3, -0.25) is 9.59 Å². The van der Waals surface area contributed by atoms with E-state index in [-0.39, 0.29) is 31.4 Å². The topological polar surface area (TPSA) is 105 Å². The van der Waals surface area contributed by atoms with Crippen LogP contribution in [0.2, 0.25) is 0 Å². The van der Waals surface area contributed by atoms with E-state index in [9.17, 15) is 14.4 Å². The number of carbonyl (C=O) groups excluding carboxylic acids is 2. The van der Waals surface area contributed by atoms with Gasteiger partial charge in [0, 0.05) is 18.5 Å². The summed E-state index contributed by atoms with van der Waals surface area (Å²) in [5.74, 6) is -1.17. The lowest BCUT2D eigenvalue weighted by atomic mass is 9.92. The molecule has 35 heavy (non-hydrogen) atoms. The first-order chi connectivity index (χ1) is 16.9. The molecule has 2 atom stereocenters. The Bertz CT molecular complexity index is 1020. The number of carbonyl (C=O) groups is 3. The summed E-state index contributed by atoms with van der Waals surface area (Å²) in [5, 5.41) is 14.6. The molecule has 3 N–H and O–H groups in total. The second-order valence-electron chi connectivity index (χ2n) is 9.80. The van der Waals surface area contributed by atoms with E-state index in [2.05, 4.69) is 34.9 Å². The van der Waals surface area contributed by atoms with Crippen LogP contribution in [-0.4, -0.2) is 42.3 Å². The maximum absolute atomic E-state index is 12.9. The molecule has 0 aliphatic heterocycles. The fourth-order valence-electron chi connectivity index (χ4n) is 5.46. The molecule has 1 fully saturated rings. The first kappa shape index (κ1) is 24.8. The minimum Gasteiger partial charge on any atom is -0.481 e. The Balaban J connectivity index is 1.34. The standard InChI is InChI=1S/C28H34N2O5/c1-18(14-26(31)32)30-27(33)20(15-19-8-2-3-9-19)16-29-28(34)35-17-25-23-12-6-4-10-21(23)22-11-5-7-13-24(22)25/h4-7,10-13,18-20,25H,2-3,8-9,14-17H2,1H3,(H,29,34)(H,30,33)(H,31,32). The summed E-state index contributed by atoms with van der Waals surface area (Å²) in [4.78, 5) is 36.5. The number of hydrogen-bond donors (Lipinski definition) is 3. The predicted molar refractivity (Wildman–Crippen MR) is 133 cm³/mol. The van der Waals surface area contributed by atoms with Gasteiger partial charge in [-0.25, -0.2) is 4.79 Å². The van der Waals surface area contributed by atoms with Crippen LogP contribution < -0.4 is 10.6 Å². The van der Waals surface area contributed by atoms with E-state index in [1.54, 1.807) is 6.92 Å². The Hall–Kier alpha value is -3.35. The Labute approximate surface area is 206 Å². The molecule has 186 valence electrons. The van der Waals surface area contributed by atoms with Gasteiger partial charge >= 0.3 is 12.1 Å². The summed E-state index contributed by atoms with van der Waals surface area (Å²) in [6.45, 7) is 2.06. The molecule has 2 unspecified atom stereocenters. The maximum atomic E-state index is 12.9. The van der Waals surface area contributed by atoms with Crippen LogP contribution in [0.25, 0.3) is 11.1 Å². The number of carboxylic acid groups (broad SMARTS) is 1. The minimum absolute atomic E-state index is 0.0254. The van der Waals surface area contributed by atoms with Gasteiger partial charge in [-0.1, -0.05) is 74.2 Å². The van der Waals surface area contributed by atoms with Gasteiger partial charge in [0.25, 0.3) is 0 Å². The van der Waals surface area contributed by atoms with Gasteiger partial charge in [0.2, 0.25) is 5.91 Å². The van der Waals surface area contributed by atoms with Crippen LogP contribution in [-0.2, 0) is 14.3 Å². The number of ether oxygens (including phenoxy) is 1. The minimum atomic E-state index is -0.957. The number of amides is 2. The van der Waals surface area contributed by atoms with Crippen molar-refractivity contribution in [3.63, 3.8) is 0 Å². The van der Waals surface area contributed by atoms with Gasteiger partial charge in [-0.15, -0.1) is 0 Å². The average Bonchev–Trinajstić information content (AvgIpc) is 3.46. The summed E-state index contributed by atoms with van der Waals surface area (Å²) in [7, 11) is 0. The Morgan fingerprint density at radius 1 is 1.00 bits per heavy atom. The van der Waals surface area contributed by atoms with Crippen molar-refractivity contribution in [3.05, 3.63) is 59.7 Å². The lowest BCUT2D eigenvalue weighted by Gasteiger charge is -2.23. The highest BCUT2D eigenvalue weighted by molar-refractivity contribution is 5.81. The SMILES string of the molecule is CC(CC(=O)O)NC(=O)C(CNC(=O)OCC1c2ccccc2-c2ccccc21)CC1CCCC1. The number of hydrogen-bond acceptors (Lipinski definition) is 4. The third-order valence-electron chi connectivity index (χ3n) is 7.17. The van der Waals surface area contributed by atoms with E-state index < -0.39 is 24.0 Å². The zero-order chi connectivity index (χ0) is 24.8. The van der Waals surface area contributed by atoms with E-state index in [0.717, 1.165) is 36.8 Å². The molecule has 2 aromatic rings. The van der Waals surface area contributed by atoms with Crippen LogP contribution in [0.4, 0.5) is 4.79 Å². The molecule has 0 radical (unpaired) electrons. The van der Waals surface area contributed by atoms with E-state index in [4.69, 9.17) is 9.84 Å². The van der Waals surface area contributed by atoms with Crippen molar-refractivity contribution < 1.29 is 24.2 Å². The Morgan fingerprint density at radius 2 is 1.60 bits per heavy atom. The van der Waals surface area contributed by atoms with E-state index in [1.165, 1.54) is 11.1 Å². The van der Waals surface area contributed by atoms with Crippen molar-refractivity contribution in [1.82, 2.24) is 10.6 Å². The molecule has 2 aromatic carbocycles. The number of fused-ring (bicyclic) bond motifs is 3. The van der Waals surface area contributed by atoms with Crippen molar-refractivity contribution in [3.8, 4) is 11.1 Å². The van der Waals surface area contributed by atoms with Gasteiger partial charge in [0.1, 0.15) is 6.61 Å². The third kappa shape index (κ3) is 6.21. The largest absolute Gasteiger partial charge is 0.481 e. The molecule has 0 bridgehead atoms. The van der Waals surface area contributed by atoms with Crippen molar-refractivity contribution in [2.75, 3.05) is 13.2 Å². The fourth-order valence-corrected chi connectivity index (χ4v) is 5.46. The van der Waals surface area contributed by atoms with Crippen molar-refractivity contribution in [1.29, 1.82) is 0 Å². The van der Waals surface area contributed by atoms with Crippen LogP contribution >= 0.6 is 0 Å². The molecule has 0 aromatic heterocycles. The number of aliphatic carboxylic acids is 1. The molecule has 7 heteroatoms. The first-order valence-electron chi connectivity index (χ1n) is 12.5. The summed E-state index contributed by atoms with van der Waals surface area (Å²) in [6, 6.07) is 15.9. The zero-order valence-electron chi connectivity index (χ0n) is 20.2. The van der Waals surface area contributed by atoms with Crippen LogP contribution in [0.1, 0.15) is 62.5 Å². The number of rotatable bonds is 10. The maximum Gasteiger partial charge on any atom is 0.407 e. The first-order valence-corrected chi connectivity index (χ1v) is 12.5. The molecule has 0 spiro atoms. The van der Waals surface area contributed by atoms with Crippen molar-refractivity contribution in [2.24, 2.45) is 11.8 Å². The summed E-state index contributed by atoms with van der Waals surface area (Å²) >= 11 is 0. The van der Waals surface area contributed by atoms with Gasteiger partial charge in [-0.2, -0.15) is 0 Å². The average molecular weight is 479 g/mol. The number of benzene rings is 2. The lowest BCUT2D eigenvalue weighted by Crippen LogP contribution is -2.43. The summed E-state index contributed by atoms with van der Waals surface area (Å²) < 4.78 is 5.61. The second kappa shape index (κ2) is 11.4. The fraction of sp³-hybridized carbons (Fsp3) is 0.464. The quantitative estimate of drug-likeness (QED) is 0.459. The Morgan fingerprint density at radius 3 is 2.20 bits per heavy atom. The Kier molecular flexibility index (Phi) is 8.06. The summed E-state index contributed by atoms with van der Waals surface area (Å²) in [6.07, 6.45) is 4.48. The van der Waals surface area contributed by atoms with Gasteiger partial charge in [-0.05, 0) is 41.5 Å². The predicted octanol–water partition coefficient (Wildman–Crippen LogP) is 4.70. The molecule has 0 heterocycles. The molecule has 2 aliphatic rings. The molecule has 2 amide bonds.